The lowest BCUT2D eigenvalue weighted by molar-refractivity contribution is -0.386. The normalized spacial score (nSPS) is 10.5. The van der Waals surface area contributed by atoms with E-state index in [-0.39, 0.29) is 18.1 Å². The molecule has 8 heteroatoms. The summed E-state index contributed by atoms with van der Waals surface area (Å²) in [7, 11) is 0. The average Bonchev–Trinajstić information content (AvgIpc) is 2.78. The van der Waals surface area contributed by atoms with Gasteiger partial charge in [-0.2, -0.15) is 5.10 Å². The molecule has 1 N–H and O–H groups in total. The zero-order chi connectivity index (χ0) is 17.7. The highest BCUT2D eigenvalue weighted by Crippen LogP contribution is 2.21. The molecule has 0 saturated carbocycles. The number of carbonyl (C=O) groups is 1. The van der Waals surface area contributed by atoms with Crippen molar-refractivity contribution in [2.24, 2.45) is 0 Å². The van der Waals surface area contributed by atoms with Crippen LogP contribution in [0.4, 0.5) is 5.69 Å². The van der Waals surface area contributed by atoms with E-state index in [4.69, 9.17) is 4.74 Å². The average molecular weight is 332 g/mol. The van der Waals surface area contributed by atoms with Gasteiger partial charge in [0.2, 0.25) is 5.91 Å². The second kappa shape index (κ2) is 7.58. The molecule has 0 aliphatic heterocycles. The Labute approximate surface area is 139 Å². The molecule has 2 aromatic rings. The topological polar surface area (TPSA) is 99.3 Å². The fraction of sp³-hybridized carbons (Fsp3) is 0.375. The van der Waals surface area contributed by atoms with Crippen molar-refractivity contribution >= 4 is 11.6 Å². The van der Waals surface area contributed by atoms with Gasteiger partial charge in [0.1, 0.15) is 30.3 Å². The number of nitrogens with one attached hydrogen (secondary N) is 1. The van der Waals surface area contributed by atoms with Crippen LogP contribution in [0.3, 0.4) is 0 Å². The second-order valence-electron chi connectivity index (χ2n) is 5.45. The first-order valence-corrected chi connectivity index (χ1v) is 7.53. The Bertz CT molecular complexity index is 755. The number of rotatable bonds is 7. The third-order valence-electron chi connectivity index (χ3n) is 3.50. The van der Waals surface area contributed by atoms with Crippen molar-refractivity contribution in [1.82, 2.24) is 15.1 Å². The predicted molar refractivity (Wildman–Crippen MR) is 88.0 cm³/mol. The van der Waals surface area contributed by atoms with Gasteiger partial charge in [0.25, 0.3) is 0 Å². The summed E-state index contributed by atoms with van der Waals surface area (Å²) in [4.78, 5) is 22.4. The molecule has 1 aromatic heterocycles. The van der Waals surface area contributed by atoms with Gasteiger partial charge in [0.15, 0.2) is 0 Å². The lowest BCUT2D eigenvalue weighted by Gasteiger charge is -2.09. The summed E-state index contributed by atoms with van der Waals surface area (Å²) in [6, 6.07) is 7.64. The van der Waals surface area contributed by atoms with Crippen molar-refractivity contribution < 1.29 is 14.5 Å². The number of aryl methyl sites for hydroxylation is 2. The first-order chi connectivity index (χ1) is 11.4. The molecule has 128 valence electrons. The maximum atomic E-state index is 11.9. The molecule has 0 saturated heterocycles. The minimum Gasteiger partial charge on any atom is -0.492 e. The van der Waals surface area contributed by atoms with Gasteiger partial charge in [-0.3, -0.25) is 19.6 Å². The molecule has 1 amide bonds. The van der Waals surface area contributed by atoms with E-state index in [0.717, 1.165) is 11.3 Å². The minimum atomic E-state index is -0.484. The standard InChI is InChI=1S/C16H20N4O4/c1-11-5-4-6-14(9-11)24-8-7-17-15(21)10-19-13(3)16(20(22)23)12(2)18-19/h4-6,9H,7-8,10H2,1-3H3,(H,17,21). The first-order valence-electron chi connectivity index (χ1n) is 7.53. The number of nitro groups is 1. The summed E-state index contributed by atoms with van der Waals surface area (Å²) in [5.74, 6) is 0.474. The quantitative estimate of drug-likeness (QED) is 0.474. The number of ether oxygens (including phenoxy) is 1. The molecule has 2 rings (SSSR count). The molecule has 0 bridgehead atoms. The van der Waals surface area contributed by atoms with Crippen molar-refractivity contribution in [3.05, 3.63) is 51.3 Å². The molecule has 0 aliphatic rings. The molecule has 0 atom stereocenters. The van der Waals surface area contributed by atoms with Crippen molar-refractivity contribution in [3.63, 3.8) is 0 Å². The lowest BCUT2D eigenvalue weighted by Crippen LogP contribution is -2.31. The summed E-state index contributed by atoms with van der Waals surface area (Å²) < 4.78 is 6.88. The number of carbonyl (C=O) groups excluding carboxylic acids is 1. The van der Waals surface area contributed by atoms with Gasteiger partial charge in [-0.15, -0.1) is 0 Å². The molecule has 24 heavy (non-hydrogen) atoms. The van der Waals surface area contributed by atoms with Gasteiger partial charge in [0.05, 0.1) is 11.5 Å². The number of hydrogen-bond donors (Lipinski definition) is 1. The Hall–Kier alpha value is -2.90. The molecule has 1 aromatic carbocycles. The summed E-state index contributed by atoms with van der Waals surface area (Å²) in [6.07, 6.45) is 0. The van der Waals surface area contributed by atoms with E-state index in [0.29, 0.717) is 24.5 Å². The van der Waals surface area contributed by atoms with Crippen LogP contribution in [0.25, 0.3) is 0 Å². The molecule has 0 fully saturated rings. The van der Waals surface area contributed by atoms with Gasteiger partial charge < -0.3 is 10.1 Å². The highest BCUT2D eigenvalue weighted by Gasteiger charge is 2.22. The third-order valence-corrected chi connectivity index (χ3v) is 3.50. The van der Waals surface area contributed by atoms with E-state index < -0.39 is 4.92 Å². The number of benzene rings is 1. The van der Waals surface area contributed by atoms with Crippen LogP contribution in [-0.2, 0) is 11.3 Å². The second-order valence-corrected chi connectivity index (χ2v) is 5.45. The fourth-order valence-corrected chi connectivity index (χ4v) is 2.36. The van der Waals surface area contributed by atoms with Crippen LogP contribution in [0, 0.1) is 30.9 Å². The Balaban J connectivity index is 1.82. The SMILES string of the molecule is Cc1cccc(OCCNC(=O)Cn2nc(C)c([N+](=O)[O-])c2C)c1. The van der Waals surface area contributed by atoms with E-state index >= 15 is 0 Å². The van der Waals surface area contributed by atoms with Gasteiger partial charge in [0, 0.05) is 0 Å². The summed E-state index contributed by atoms with van der Waals surface area (Å²) in [5.41, 5.74) is 1.71. The smallest absolute Gasteiger partial charge is 0.312 e. The van der Waals surface area contributed by atoms with Crippen LogP contribution < -0.4 is 10.1 Å². The van der Waals surface area contributed by atoms with Crippen molar-refractivity contribution in [1.29, 1.82) is 0 Å². The molecule has 1 heterocycles. The fourth-order valence-electron chi connectivity index (χ4n) is 2.36. The highest BCUT2D eigenvalue weighted by atomic mass is 16.6. The zero-order valence-electron chi connectivity index (χ0n) is 13.9. The van der Waals surface area contributed by atoms with E-state index in [1.54, 1.807) is 13.8 Å². The van der Waals surface area contributed by atoms with Crippen molar-refractivity contribution in [2.45, 2.75) is 27.3 Å². The lowest BCUT2D eigenvalue weighted by atomic mass is 10.2. The van der Waals surface area contributed by atoms with Crippen molar-refractivity contribution in [3.8, 4) is 5.75 Å². The molecule has 0 radical (unpaired) electrons. The minimum absolute atomic E-state index is 0.0504. The highest BCUT2D eigenvalue weighted by molar-refractivity contribution is 5.75. The Kier molecular flexibility index (Phi) is 5.51. The maximum Gasteiger partial charge on any atom is 0.312 e. The van der Waals surface area contributed by atoms with Crippen LogP contribution >= 0.6 is 0 Å². The van der Waals surface area contributed by atoms with Crippen LogP contribution in [0.5, 0.6) is 5.75 Å². The largest absolute Gasteiger partial charge is 0.492 e. The Morgan fingerprint density at radius 3 is 2.75 bits per heavy atom. The third kappa shape index (κ3) is 4.31. The molecular weight excluding hydrogens is 312 g/mol. The number of nitrogens with zero attached hydrogens (tertiary/aromatic N) is 3. The molecule has 0 aliphatic carbocycles. The molecule has 0 spiro atoms. The Morgan fingerprint density at radius 2 is 2.12 bits per heavy atom. The summed E-state index contributed by atoms with van der Waals surface area (Å²) >= 11 is 0. The van der Waals surface area contributed by atoms with E-state index in [2.05, 4.69) is 10.4 Å². The van der Waals surface area contributed by atoms with Gasteiger partial charge in [-0.05, 0) is 38.5 Å². The van der Waals surface area contributed by atoms with E-state index in [9.17, 15) is 14.9 Å². The maximum absolute atomic E-state index is 11.9. The van der Waals surface area contributed by atoms with E-state index in [1.807, 2.05) is 31.2 Å². The number of hydrogen-bond acceptors (Lipinski definition) is 5. The van der Waals surface area contributed by atoms with Crippen LogP contribution in [-0.4, -0.2) is 33.8 Å². The van der Waals surface area contributed by atoms with E-state index in [1.165, 1.54) is 4.68 Å². The van der Waals surface area contributed by atoms with Crippen molar-refractivity contribution in [2.75, 3.05) is 13.2 Å². The molecule has 8 nitrogen and oxygen atoms in total. The monoisotopic (exact) mass is 332 g/mol. The zero-order valence-corrected chi connectivity index (χ0v) is 13.9. The number of aromatic nitrogens is 2. The van der Waals surface area contributed by atoms with Crippen LogP contribution in [0.2, 0.25) is 0 Å². The molecule has 0 unspecified atom stereocenters. The Morgan fingerprint density at radius 1 is 1.38 bits per heavy atom. The van der Waals surface area contributed by atoms with Gasteiger partial charge in [-0.1, -0.05) is 12.1 Å². The molecular formula is C16H20N4O4. The predicted octanol–water partition coefficient (Wildman–Crippen LogP) is 1.91. The van der Waals surface area contributed by atoms with Crippen LogP contribution in [0.15, 0.2) is 24.3 Å². The summed E-state index contributed by atoms with van der Waals surface area (Å²) in [5, 5.41) is 17.7. The first kappa shape index (κ1) is 17.5. The summed E-state index contributed by atoms with van der Waals surface area (Å²) in [6.45, 7) is 5.72. The van der Waals surface area contributed by atoms with Gasteiger partial charge in [-0.25, -0.2) is 0 Å². The van der Waals surface area contributed by atoms with Gasteiger partial charge >= 0.3 is 5.69 Å². The number of amides is 1. The van der Waals surface area contributed by atoms with Crippen LogP contribution in [0.1, 0.15) is 17.0 Å².